The topological polar surface area (TPSA) is 53.5 Å². The largest absolute Gasteiger partial charge is 1.20 e. The van der Waals surface area contributed by atoms with E-state index in [-0.39, 0.29) is 0 Å². The number of fused-ring (bicyclic) bond motifs is 2. The SMILES string of the molecule is Cc1ccc2cccc([O][Al]([O]c3cc(-c4ccccc4)cc(-c4ccccc4)c3)[O]c3cccc4ccc(C)nc34)c2n1. The van der Waals surface area contributed by atoms with Crippen molar-refractivity contribution < 1.29 is 11.4 Å². The van der Waals surface area contributed by atoms with E-state index < -0.39 is 15.1 Å². The van der Waals surface area contributed by atoms with Crippen LogP contribution in [0.25, 0.3) is 44.1 Å². The Labute approximate surface area is 261 Å². The van der Waals surface area contributed by atoms with Crippen LogP contribution in [-0.2, 0) is 0 Å². The molecule has 0 atom stereocenters. The van der Waals surface area contributed by atoms with Crippen LogP contribution in [-0.4, -0.2) is 25.1 Å². The lowest BCUT2D eigenvalue weighted by Gasteiger charge is -2.19. The summed E-state index contributed by atoms with van der Waals surface area (Å²) < 4.78 is 20.1. The van der Waals surface area contributed by atoms with Crippen molar-refractivity contribution in [1.29, 1.82) is 0 Å². The maximum atomic E-state index is 6.74. The van der Waals surface area contributed by atoms with Crippen LogP contribution in [0.4, 0.5) is 0 Å². The molecule has 0 saturated heterocycles. The van der Waals surface area contributed by atoms with Crippen LogP contribution in [0.1, 0.15) is 11.4 Å². The molecule has 0 saturated carbocycles. The number of nitrogens with zero attached hydrogens (tertiary/aromatic N) is 2. The van der Waals surface area contributed by atoms with Gasteiger partial charge in [0.2, 0.25) is 0 Å². The molecule has 2 heterocycles. The monoisotopic (exact) mass is 588 g/mol. The van der Waals surface area contributed by atoms with Crippen molar-refractivity contribution in [3.05, 3.63) is 151 Å². The van der Waals surface area contributed by atoms with Gasteiger partial charge in [-0.25, -0.2) is 9.97 Å². The van der Waals surface area contributed by atoms with Crippen molar-refractivity contribution in [2.45, 2.75) is 13.8 Å². The maximum Gasteiger partial charge on any atom is 1.20 e. The molecule has 0 aliphatic rings. The predicted octanol–water partition coefficient (Wildman–Crippen LogP) is 9.26. The molecule has 0 unspecified atom stereocenters. The van der Waals surface area contributed by atoms with Crippen molar-refractivity contribution in [1.82, 2.24) is 9.97 Å². The molecular formula is C38H29AlN2O3. The minimum Gasteiger partial charge on any atom is -0.577 e. The van der Waals surface area contributed by atoms with Crippen molar-refractivity contribution in [3.8, 4) is 39.5 Å². The summed E-state index contributed by atoms with van der Waals surface area (Å²) in [6, 6.07) is 46.8. The Kier molecular flexibility index (Phi) is 7.69. The van der Waals surface area contributed by atoms with Crippen molar-refractivity contribution in [2.75, 3.05) is 0 Å². The molecule has 0 spiro atoms. The number of rotatable bonds is 8. The molecule has 0 amide bonds. The number of pyridine rings is 2. The van der Waals surface area contributed by atoms with Crippen molar-refractivity contribution in [2.24, 2.45) is 0 Å². The molecule has 6 heteroatoms. The van der Waals surface area contributed by atoms with E-state index >= 15 is 0 Å². The zero-order chi connectivity index (χ0) is 29.9. The van der Waals surface area contributed by atoms with Gasteiger partial charge in [0.15, 0.2) is 0 Å². The molecule has 0 fully saturated rings. The molecule has 44 heavy (non-hydrogen) atoms. The zero-order valence-corrected chi connectivity index (χ0v) is 25.6. The van der Waals surface area contributed by atoms with E-state index in [2.05, 4.69) is 42.5 Å². The summed E-state index contributed by atoms with van der Waals surface area (Å²) in [6.07, 6.45) is 0. The molecule has 212 valence electrons. The number of benzene rings is 5. The van der Waals surface area contributed by atoms with Crippen LogP contribution in [0.2, 0.25) is 0 Å². The molecule has 0 N–H and O–H groups in total. The Hall–Kier alpha value is -5.15. The lowest BCUT2D eigenvalue weighted by Crippen LogP contribution is -2.37. The Bertz CT molecular complexity index is 1940. The first-order valence-corrected chi connectivity index (χ1v) is 16.0. The highest BCUT2D eigenvalue weighted by Crippen LogP contribution is 2.33. The van der Waals surface area contributed by atoms with Crippen LogP contribution < -0.4 is 11.4 Å². The Balaban J connectivity index is 1.33. The van der Waals surface area contributed by atoms with Gasteiger partial charge in [0.25, 0.3) is 0 Å². The highest BCUT2D eigenvalue weighted by atomic mass is 27.3. The fourth-order valence-corrected chi connectivity index (χ4v) is 6.58. The van der Waals surface area contributed by atoms with Gasteiger partial charge in [-0.15, -0.1) is 0 Å². The second kappa shape index (κ2) is 12.2. The highest BCUT2D eigenvalue weighted by molar-refractivity contribution is 6.40. The van der Waals surface area contributed by atoms with Gasteiger partial charge in [0.05, 0.1) is 5.75 Å². The van der Waals surface area contributed by atoms with Gasteiger partial charge in [0.1, 0.15) is 22.5 Å². The summed E-state index contributed by atoms with van der Waals surface area (Å²) in [5, 5.41) is 1.97. The summed E-state index contributed by atoms with van der Waals surface area (Å²) in [6.45, 7) is 3.95. The summed E-state index contributed by atoms with van der Waals surface area (Å²) in [5.41, 5.74) is 7.63. The molecule has 7 aromatic rings. The van der Waals surface area contributed by atoms with E-state index in [9.17, 15) is 0 Å². The molecule has 2 aromatic heterocycles. The van der Waals surface area contributed by atoms with Crippen LogP contribution in [0.3, 0.4) is 0 Å². The standard InChI is InChI=1S/C18H14O.2C10H9NO.Al/c19-18-12-16(14-7-3-1-4-8-14)11-17(13-18)15-9-5-2-6-10-15;2*1-7-5-6-8-3-2-4-9(12)10(8)11-7;/h1-13,19H;2*2-6,12H,1H3;/q;;;+3/p-3. The zero-order valence-electron chi connectivity index (χ0n) is 24.5. The summed E-state index contributed by atoms with van der Waals surface area (Å²) in [4.78, 5) is 9.57. The summed E-state index contributed by atoms with van der Waals surface area (Å²) >= 11 is -2.97. The molecule has 5 aromatic carbocycles. The van der Waals surface area contributed by atoms with Gasteiger partial charge in [-0.05, 0) is 78.6 Å². The first-order valence-electron chi connectivity index (χ1n) is 14.6. The normalized spacial score (nSPS) is 11.0. The second-order valence-corrected chi connectivity index (χ2v) is 12.0. The molecule has 0 aliphatic heterocycles. The first kappa shape index (κ1) is 27.7. The Morgan fingerprint density at radius 3 is 1.39 bits per heavy atom. The van der Waals surface area contributed by atoms with Crippen molar-refractivity contribution in [3.63, 3.8) is 0 Å². The van der Waals surface area contributed by atoms with E-state index in [0.717, 1.165) is 55.4 Å². The Morgan fingerprint density at radius 2 is 0.909 bits per heavy atom. The van der Waals surface area contributed by atoms with Crippen LogP contribution in [0, 0.1) is 13.8 Å². The molecular weight excluding hydrogens is 559 g/mol. The van der Waals surface area contributed by atoms with Gasteiger partial charge in [0, 0.05) is 22.2 Å². The average molecular weight is 589 g/mol. The first-order chi connectivity index (χ1) is 21.6. The highest BCUT2D eigenvalue weighted by Gasteiger charge is 2.45. The minimum absolute atomic E-state index is 0.620. The molecule has 0 bridgehead atoms. The number of para-hydroxylation sites is 2. The number of aromatic nitrogens is 2. The van der Waals surface area contributed by atoms with Gasteiger partial charge in [-0.1, -0.05) is 97.1 Å². The van der Waals surface area contributed by atoms with Gasteiger partial charge in [-0.2, -0.15) is 0 Å². The lowest BCUT2D eigenvalue weighted by molar-refractivity contribution is 0.310. The third-order valence-corrected chi connectivity index (χ3v) is 8.80. The second-order valence-electron chi connectivity index (χ2n) is 10.7. The van der Waals surface area contributed by atoms with Crippen LogP contribution in [0.5, 0.6) is 17.2 Å². The number of aryl methyl sites for hydroxylation is 2. The lowest BCUT2D eigenvalue weighted by atomic mass is 9.99. The number of hydrogen-bond donors (Lipinski definition) is 0. The quantitative estimate of drug-likeness (QED) is 0.166. The smallest absolute Gasteiger partial charge is 0.577 e. The van der Waals surface area contributed by atoms with E-state index in [1.807, 2.05) is 111 Å². The predicted molar refractivity (Wildman–Crippen MR) is 178 cm³/mol. The third-order valence-electron chi connectivity index (χ3n) is 7.44. The van der Waals surface area contributed by atoms with Crippen LogP contribution >= 0.6 is 0 Å². The molecule has 5 nitrogen and oxygen atoms in total. The van der Waals surface area contributed by atoms with Crippen molar-refractivity contribution >= 4 is 37.0 Å². The number of hydrogen-bond acceptors (Lipinski definition) is 5. The molecule has 0 aliphatic carbocycles. The molecule has 0 radical (unpaired) electrons. The maximum absolute atomic E-state index is 6.74. The van der Waals surface area contributed by atoms with Crippen LogP contribution in [0.15, 0.2) is 140 Å². The van der Waals surface area contributed by atoms with Gasteiger partial charge in [-0.3, -0.25) is 0 Å². The summed E-state index contributed by atoms with van der Waals surface area (Å²) in [7, 11) is 0. The Morgan fingerprint density at radius 1 is 0.432 bits per heavy atom. The van der Waals surface area contributed by atoms with E-state index in [1.165, 1.54) is 0 Å². The fraction of sp³-hybridized carbons (Fsp3) is 0.0526. The van der Waals surface area contributed by atoms with E-state index in [4.69, 9.17) is 21.3 Å². The van der Waals surface area contributed by atoms with Gasteiger partial charge >= 0.3 is 15.1 Å². The summed E-state index contributed by atoms with van der Waals surface area (Å²) in [5.74, 6) is 1.90. The van der Waals surface area contributed by atoms with Gasteiger partial charge < -0.3 is 11.4 Å². The average Bonchev–Trinajstić information content (AvgIpc) is 3.06. The molecule has 7 rings (SSSR count). The fourth-order valence-electron chi connectivity index (χ4n) is 5.28. The van der Waals surface area contributed by atoms with E-state index in [0.29, 0.717) is 17.2 Å². The minimum atomic E-state index is -2.97. The van der Waals surface area contributed by atoms with E-state index in [1.54, 1.807) is 0 Å². The third kappa shape index (κ3) is 6.00.